The average Bonchev–Trinajstić information content (AvgIpc) is 2.75. The van der Waals surface area contributed by atoms with Crippen LogP contribution in [-0.4, -0.2) is 25.0 Å². The molecule has 212 valence electrons. The van der Waals surface area contributed by atoms with Crippen molar-refractivity contribution in [3.8, 4) is 0 Å². The summed E-state index contributed by atoms with van der Waals surface area (Å²) < 4.78 is 36.3. The first-order valence-electron chi connectivity index (χ1n) is 15.4. The van der Waals surface area contributed by atoms with E-state index in [-0.39, 0.29) is 0 Å². The molecule has 0 unspecified atom stereocenters. The smallest absolute Gasteiger partial charge is 0.330 e. The van der Waals surface area contributed by atoms with Crippen molar-refractivity contribution in [2.24, 2.45) is 0 Å². The van der Waals surface area contributed by atoms with E-state index in [1.807, 2.05) is 0 Å². The van der Waals surface area contributed by atoms with Crippen LogP contribution in [0.3, 0.4) is 0 Å². The van der Waals surface area contributed by atoms with E-state index in [4.69, 9.17) is 12.6 Å². The molecule has 4 nitrogen and oxygen atoms in total. The standard InChI is InChI=1S/C27H63O4PSi3/c1-10-19-33(20-11-2,21-12-3)29-32(28,30-34(22-13-4,23-14-5)24-15-6)31-35(25-16-7,26-17-8)27-18-9/h10-27H2,1-9H3. The van der Waals surface area contributed by atoms with Crippen LogP contribution in [0.25, 0.3) is 0 Å². The van der Waals surface area contributed by atoms with Crippen LogP contribution in [0.1, 0.15) is 120 Å². The number of rotatable bonds is 24. The van der Waals surface area contributed by atoms with E-state index in [1.165, 1.54) is 0 Å². The van der Waals surface area contributed by atoms with Crippen LogP contribution >= 0.6 is 7.82 Å². The second kappa shape index (κ2) is 18.9. The Morgan fingerprint density at radius 2 is 0.514 bits per heavy atom. The van der Waals surface area contributed by atoms with Crippen LogP contribution in [0, 0.1) is 0 Å². The summed E-state index contributed by atoms with van der Waals surface area (Å²) in [5.41, 5.74) is 0. The summed E-state index contributed by atoms with van der Waals surface area (Å²) in [4.78, 5) is 0. The minimum Gasteiger partial charge on any atom is -0.330 e. The fraction of sp³-hybridized carbons (Fsp3) is 1.00. The lowest BCUT2D eigenvalue weighted by molar-refractivity contribution is 0.277. The Kier molecular flexibility index (Phi) is 19.3. The first-order valence-corrected chi connectivity index (χ1v) is 24.4. The molecule has 0 amide bonds. The molecule has 0 aromatic carbocycles. The van der Waals surface area contributed by atoms with Gasteiger partial charge in [-0.2, -0.15) is 0 Å². The fourth-order valence-corrected chi connectivity index (χ4v) is 27.3. The van der Waals surface area contributed by atoms with E-state index >= 15 is 4.57 Å². The molecular formula is C27H63O4PSi3. The largest absolute Gasteiger partial charge is 0.445 e. The van der Waals surface area contributed by atoms with Gasteiger partial charge in [-0.1, -0.05) is 120 Å². The second-order valence-electron chi connectivity index (χ2n) is 11.0. The monoisotopic (exact) mass is 566 g/mol. The van der Waals surface area contributed by atoms with Gasteiger partial charge in [0.1, 0.15) is 0 Å². The minimum absolute atomic E-state index is 1.05. The average molecular weight is 567 g/mol. The highest BCUT2D eigenvalue weighted by atomic mass is 31.2. The third kappa shape index (κ3) is 12.4. The van der Waals surface area contributed by atoms with Crippen LogP contribution in [0.15, 0.2) is 0 Å². The van der Waals surface area contributed by atoms with Crippen molar-refractivity contribution in [3.05, 3.63) is 0 Å². The summed E-state index contributed by atoms with van der Waals surface area (Å²) in [6, 6.07) is 9.49. The van der Waals surface area contributed by atoms with Crippen molar-refractivity contribution in [3.63, 3.8) is 0 Å². The van der Waals surface area contributed by atoms with Gasteiger partial charge in [0.25, 0.3) is 0 Å². The third-order valence-corrected chi connectivity index (χ3v) is 27.3. The molecule has 0 aliphatic heterocycles. The lowest BCUT2D eigenvalue weighted by Gasteiger charge is -2.43. The lowest BCUT2D eigenvalue weighted by atomic mass is 10.6. The van der Waals surface area contributed by atoms with Crippen molar-refractivity contribution < 1.29 is 17.2 Å². The van der Waals surface area contributed by atoms with Crippen LogP contribution in [0.2, 0.25) is 54.4 Å². The highest BCUT2D eigenvalue weighted by molar-refractivity contribution is 7.54. The van der Waals surface area contributed by atoms with Gasteiger partial charge in [0, 0.05) is 0 Å². The van der Waals surface area contributed by atoms with Gasteiger partial charge in [-0.3, -0.25) is 0 Å². The van der Waals surface area contributed by atoms with Gasteiger partial charge >= 0.3 is 7.82 Å². The molecule has 0 spiro atoms. The summed E-state index contributed by atoms with van der Waals surface area (Å²) in [6.07, 6.45) is 9.71. The zero-order chi connectivity index (χ0) is 26.8. The van der Waals surface area contributed by atoms with Crippen LogP contribution < -0.4 is 0 Å². The Labute approximate surface area is 224 Å². The van der Waals surface area contributed by atoms with Gasteiger partial charge in [0.15, 0.2) is 0 Å². The van der Waals surface area contributed by atoms with Gasteiger partial charge in [-0.25, -0.2) is 4.57 Å². The molecule has 0 fully saturated rings. The summed E-state index contributed by atoms with van der Waals surface area (Å²) in [7, 11) is -10.4. The lowest BCUT2D eigenvalue weighted by Crippen LogP contribution is -2.45. The van der Waals surface area contributed by atoms with E-state index in [9.17, 15) is 0 Å². The van der Waals surface area contributed by atoms with Crippen LogP contribution in [0.4, 0.5) is 0 Å². The summed E-state index contributed by atoms with van der Waals surface area (Å²) in [6.45, 7) is 20.2. The van der Waals surface area contributed by atoms with Gasteiger partial charge < -0.3 is 12.6 Å². The topological polar surface area (TPSA) is 44.8 Å². The number of hydrogen-bond acceptors (Lipinski definition) is 4. The number of phosphoric acid groups is 1. The molecule has 0 radical (unpaired) electrons. The molecule has 0 aromatic rings. The summed E-state index contributed by atoms with van der Waals surface area (Å²) in [5, 5.41) is 0. The maximum atomic E-state index is 15.2. The molecule has 0 rings (SSSR count). The van der Waals surface area contributed by atoms with E-state index < -0.39 is 32.8 Å². The quantitative estimate of drug-likeness (QED) is 0.0860. The SMILES string of the molecule is CCC[Si](CCC)(CCC)OP(=O)(O[Si](CCC)(CCC)CCC)O[Si](CCC)(CCC)CCC. The predicted octanol–water partition coefficient (Wildman–Crippen LogP) is 11.7. The normalized spacial score (nSPS) is 13.5. The fourth-order valence-electron chi connectivity index (χ4n) is 6.40. The zero-order valence-electron chi connectivity index (χ0n) is 25.3. The third-order valence-electron chi connectivity index (χ3n) is 7.27. The van der Waals surface area contributed by atoms with Gasteiger partial charge in [0.05, 0.1) is 0 Å². The Hall–Kier alpha value is 0.761. The molecule has 0 aliphatic rings. The zero-order valence-corrected chi connectivity index (χ0v) is 29.2. The van der Waals surface area contributed by atoms with Crippen molar-refractivity contribution in [1.82, 2.24) is 0 Å². The molecule has 0 saturated carbocycles. The van der Waals surface area contributed by atoms with Crippen molar-refractivity contribution in [2.45, 2.75) is 174 Å². The molecule has 8 heteroatoms. The summed E-state index contributed by atoms with van der Waals surface area (Å²) in [5.74, 6) is 0. The van der Waals surface area contributed by atoms with Crippen LogP contribution in [0.5, 0.6) is 0 Å². The first-order chi connectivity index (χ1) is 16.7. The van der Waals surface area contributed by atoms with Crippen molar-refractivity contribution >= 4 is 32.8 Å². The van der Waals surface area contributed by atoms with Gasteiger partial charge in [-0.05, 0) is 54.4 Å². The Morgan fingerprint density at radius 1 is 0.371 bits per heavy atom. The molecule has 0 saturated heterocycles. The molecule has 0 aliphatic carbocycles. The second-order valence-corrected chi connectivity index (χ2v) is 25.7. The van der Waals surface area contributed by atoms with Crippen molar-refractivity contribution in [2.75, 3.05) is 0 Å². The predicted molar refractivity (Wildman–Crippen MR) is 164 cm³/mol. The molecule has 0 N–H and O–H groups in total. The molecule has 0 atom stereocenters. The molecule has 0 heterocycles. The molecular weight excluding hydrogens is 504 g/mol. The van der Waals surface area contributed by atoms with Gasteiger partial charge in [0.2, 0.25) is 25.0 Å². The Morgan fingerprint density at radius 3 is 0.629 bits per heavy atom. The van der Waals surface area contributed by atoms with E-state index in [0.29, 0.717) is 0 Å². The van der Waals surface area contributed by atoms with Crippen molar-refractivity contribution in [1.29, 1.82) is 0 Å². The minimum atomic E-state index is -3.67. The van der Waals surface area contributed by atoms with E-state index in [1.54, 1.807) is 0 Å². The maximum Gasteiger partial charge on any atom is 0.445 e. The van der Waals surface area contributed by atoms with E-state index in [2.05, 4.69) is 62.3 Å². The maximum absolute atomic E-state index is 15.2. The Bertz CT molecular complexity index is 449. The Balaban J connectivity index is 6.75. The van der Waals surface area contributed by atoms with E-state index in [0.717, 1.165) is 112 Å². The molecule has 0 aromatic heterocycles. The first kappa shape index (κ1) is 35.8. The van der Waals surface area contributed by atoms with Gasteiger partial charge in [-0.15, -0.1) is 0 Å². The number of hydrogen-bond donors (Lipinski definition) is 0. The summed E-state index contributed by atoms with van der Waals surface area (Å²) >= 11 is 0. The highest BCUT2D eigenvalue weighted by Crippen LogP contribution is 2.61. The molecule has 35 heavy (non-hydrogen) atoms. The molecule has 0 bridgehead atoms. The highest BCUT2D eigenvalue weighted by Gasteiger charge is 2.51. The van der Waals surface area contributed by atoms with Crippen LogP contribution in [-0.2, 0) is 17.2 Å².